The van der Waals surface area contributed by atoms with E-state index < -0.39 is 12.1 Å². The number of carbonyl (C=O) groups excluding carboxylic acids is 1. The molecular weight excluding hydrogens is 334 g/mol. The van der Waals surface area contributed by atoms with E-state index in [0.717, 1.165) is 0 Å². The van der Waals surface area contributed by atoms with Gasteiger partial charge in [-0.15, -0.1) is 0 Å². The van der Waals surface area contributed by atoms with Crippen molar-refractivity contribution in [1.82, 2.24) is 0 Å². The maximum absolute atomic E-state index is 12.6. The zero-order valence-electron chi connectivity index (χ0n) is 12.6. The van der Waals surface area contributed by atoms with Crippen LogP contribution in [0, 0.1) is 0 Å². The minimum Gasteiger partial charge on any atom is -0.497 e. The SMILES string of the molecule is COc1ccc(C(=O)c2cc(Cl)ccc2N=NC(N)C(=O)O)cc1. The Balaban J connectivity index is 2.38. The molecule has 7 nitrogen and oxygen atoms in total. The smallest absolute Gasteiger partial charge is 0.345 e. The van der Waals surface area contributed by atoms with Gasteiger partial charge in [-0.05, 0) is 42.5 Å². The molecule has 2 aromatic carbocycles. The highest BCUT2D eigenvalue weighted by Gasteiger charge is 2.16. The van der Waals surface area contributed by atoms with Gasteiger partial charge in [-0.2, -0.15) is 10.2 Å². The van der Waals surface area contributed by atoms with Crippen molar-refractivity contribution >= 4 is 29.0 Å². The first-order valence-corrected chi connectivity index (χ1v) is 7.17. The minimum atomic E-state index is -1.51. The summed E-state index contributed by atoms with van der Waals surface area (Å²) in [5, 5.41) is 16.3. The molecule has 0 amide bonds. The number of benzene rings is 2. The van der Waals surface area contributed by atoms with Gasteiger partial charge in [-0.1, -0.05) is 11.6 Å². The molecule has 2 rings (SSSR count). The van der Waals surface area contributed by atoms with Gasteiger partial charge in [0, 0.05) is 10.6 Å². The largest absolute Gasteiger partial charge is 0.497 e. The topological polar surface area (TPSA) is 114 Å². The number of carbonyl (C=O) groups is 2. The Morgan fingerprint density at radius 2 is 1.88 bits per heavy atom. The number of carboxylic acid groups (broad SMARTS) is 1. The molecule has 3 N–H and O–H groups in total. The second kappa shape index (κ2) is 7.67. The molecule has 0 heterocycles. The second-order valence-electron chi connectivity index (χ2n) is 4.72. The molecule has 2 aromatic rings. The fraction of sp³-hybridized carbons (Fsp3) is 0.125. The quantitative estimate of drug-likeness (QED) is 0.615. The Bertz CT molecular complexity index is 790. The molecule has 24 heavy (non-hydrogen) atoms. The first kappa shape index (κ1) is 17.6. The van der Waals surface area contributed by atoms with Crippen molar-refractivity contribution in [3.63, 3.8) is 0 Å². The summed E-state index contributed by atoms with van der Waals surface area (Å²) in [6.07, 6.45) is -1.51. The molecule has 1 atom stereocenters. The van der Waals surface area contributed by atoms with Crippen LogP contribution in [-0.4, -0.2) is 30.1 Å². The number of nitrogens with zero attached hydrogens (tertiary/aromatic N) is 2. The molecule has 0 saturated heterocycles. The van der Waals surface area contributed by atoms with E-state index >= 15 is 0 Å². The van der Waals surface area contributed by atoms with Gasteiger partial charge in [0.1, 0.15) is 5.75 Å². The summed E-state index contributed by atoms with van der Waals surface area (Å²) >= 11 is 5.95. The lowest BCUT2D eigenvalue weighted by atomic mass is 10.0. The Morgan fingerprint density at radius 1 is 1.21 bits per heavy atom. The summed E-state index contributed by atoms with van der Waals surface area (Å²) in [5.41, 5.74) is 6.05. The van der Waals surface area contributed by atoms with Gasteiger partial charge in [0.25, 0.3) is 0 Å². The molecule has 0 fully saturated rings. The lowest BCUT2D eigenvalue weighted by Crippen LogP contribution is -2.27. The van der Waals surface area contributed by atoms with Gasteiger partial charge >= 0.3 is 5.97 Å². The number of halogens is 1. The van der Waals surface area contributed by atoms with Gasteiger partial charge in [-0.3, -0.25) is 10.5 Å². The number of nitrogens with two attached hydrogens (primary N) is 1. The van der Waals surface area contributed by atoms with Crippen molar-refractivity contribution in [3.8, 4) is 5.75 Å². The zero-order chi connectivity index (χ0) is 17.7. The van der Waals surface area contributed by atoms with Gasteiger partial charge in [0.15, 0.2) is 5.78 Å². The van der Waals surface area contributed by atoms with Crippen LogP contribution in [0.25, 0.3) is 0 Å². The number of carboxylic acids is 1. The highest BCUT2D eigenvalue weighted by Crippen LogP contribution is 2.27. The van der Waals surface area contributed by atoms with Gasteiger partial charge in [0.2, 0.25) is 6.17 Å². The normalized spacial score (nSPS) is 12.1. The maximum Gasteiger partial charge on any atom is 0.345 e. The summed E-state index contributed by atoms with van der Waals surface area (Å²) in [4.78, 5) is 23.3. The molecule has 124 valence electrons. The van der Waals surface area contributed by atoms with E-state index in [1.54, 1.807) is 24.3 Å². The highest BCUT2D eigenvalue weighted by atomic mass is 35.5. The maximum atomic E-state index is 12.6. The Hall–Kier alpha value is -2.77. The molecule has 0 aliphatic carbocycles. The number of aliphatic carboxylic acids is 1. The van der Waals surface area contributed by atoms with E-state index in [0.29, 0.717) is 16.3 Å². The van der Waals surface area contributed by atoms with Crippen LogP contribution >= 0.6 is 11.6 Å². The number of hydrogen-bond donors (Lipinski definition) is 2. The van der Waals surface area contributed by atoms with Crippen LogP contribution in [0.1, 0.15) is 15.9 Å². The van der Waals surface area contributed by atoms with Crippen molar-refractivity contribution in [2.24, 2.45) is 16.0 Å². The van der Waals surface area contributed by atoms with Crippen molar-refractivity contribution < 1.29 is 19.4 Å². The van der Waals surface area contributed by atoms with Gasteiger partial charge in [0.05, 0.1) is 18.4 Å². The highest BCUT2D eigenvalue weighted by molar-refractivity contribution is 6.31. The van der Waals surface area contributed by atoms with E-state index in [9.17, 15) is 9.59 Å². The number of ether oxygens (including phenoxy) is 1. The number of ketones is 1. The third-order valence-electron chi connectivity index (χ3n) is 3.10. The molecule has 0 aliphatic heterocycles. The minimum absolute atomic E-state index is 0.178. The summed E-state index contributed by atoms with van der Waals surface area (Å²) in [7, 11) is 1.53. The van der Waals surface area contributed by atoms with E-state index in [-0.39, 0.29) is 17.0 Å². The van der Waals surface area contributed by atoms with Crippen LogP contribution in [0.2, 0.25) is 5.02 Å². The predicted molar refractivity (Wildman–Crippen MR) is 88.0 cm³/mol. The van der Waals surface area contributed by atoms with Crippen molar-refractivity contribution in [1.29, 1.82) is 0 Å². The molecule has 0 spiro atoms. The Labute approximate surface area is 142 Å². The fourth-order valence-corrected chi connectivity index (χ4v) is 2.02. The summed E-state index contributed by atoms with van der Waals surface area (Å²) < 4.78 is 5.05. The molecule has 0 radical (unpaired) electrons. The molecule has 1 unspecified atom stereocenters. The van der Waals surface area contributed by atoms with Crippen LogP contribution in [-0.2, 0) is 4.79 Å². The standard InChI is InChI=1S/C16H14ClN3O4/c1-24-11-5-2-9(3-6-11)14(21)12-8-10(17)4-7-13(12)19-20-15(18)16(22)23/h2-8,15H,18H2,1H3,(H,22,23). The van der Waals surface area contributed by atoms with E-state index in [1.165, 1.54) is 25.3 Å². The van der Waals surface area contributed by atoms with Crippen LogP contribution in [0.3, 0.4) is 0 Å². The average molecular weight is 348 g/mol. The summed E-state index contributed by atoms with van der Waals surface area (Å²) in [6, 6.07) is 10.9. The summed E-state index contributed by atoms with van der Waals surface area (Å²) in [6.45, 7) is 0. The molecule has 0 aromatic heterocycles. The lowest BCUT2D eigenvalue weighted by Gasteiger charge is -2.07. The molecule has 8 heteroatoms. The molecule has 0 saturated carbocycles. The monoisotopic (exact) mass is 347 g/mol. The fourth-order valence-electron chi connectivity index (χ4n) is 1.85. The van der Waals surface area contributed by atoms with Gasteiger partial charge < -0.3 is 9.84 Å². The van der Waals surface area contributed by atoms with E-state index in [4.69, 9.17) is 27.2 Å². The third-order valence-corrected chi connectivity index (χ3v) is 3.33. The average Bonchev–Trinajstić information content (AvgIpc) is 2.59. The van der Waals surface area contributed by atoms with Crippen LogP contribution in [0.5, 0.6) is 5.75 Å². The molecular formula is C16H14ClN3O4. The first-order chi connectivity index (χ1) is 11.4. The van der Waals surface area contributed by atoms with E-state index in [1.807, 2.05) is 0 Å². The number of rotatable bonds is 6. The first-order valence-electron chi connectivity index (χ1n) is 6.80. The summed E-state index contributed by atoms with van der Waals surface area (Å²) in [5.74, 6) is -1.04. The Morgan fingerprint density at radius 3 is 2.46 bits per heavy atom. The second-order valence-corrected chi connectivity index (χ2v) is 5.15. The van der Waals surface area contributed by atoms with Crippen LogP contribution in [0.15, 0.2) is 52.7 Å². The molecule has 0 bridgehead atoms. The lowest BCUT2D eigenvalue weighted by molar-refractivity contribution is -0.138. The van der Waals surface area contributed by atoms with E-state index in [2.05, 4.69) is 10.2 Å². The third kappa shape index (κ3) is 4.15. The number of methoxy groups -OCH3 is 1. The van der Waals surface area contributed by atoms with Crippen LogP contribution < -0.4 is 10.5 Å². The molecule has 0 aliphatic rings. The zero-order valence-corrected chi connectivity index (χ0v) is 13.4. The van der Waals surface area contributed by atoms with Crippen LogP contribution in [0.4, 0.5) is 5.69 Å². The van der Waals surface area contributed by atoms with Crippen molar-refractivity contribution in [2.75, 3.05) is 7.11 Å². The Kier molecular flexibility index (Phi) is 5.62. The predicted octanol–water partition coefficient (Wildman–Crippen LogP) is 3.03. The van der Waals surface area contributed by atoms with Crippen molar-refractivity contribution in [2.45, 2.75) is 6.17 Å². The number of hydrogen-bond acceptors (Lipinski definition) is 6. The van der Waals surface area contributed by atoms with Gasteiger partial charge in [-0.25, -0.2) is 4.79 Å². The van der Waals surface area contributed by atoms with Crippen molar-refractivity contribution in [3.05, 3.63) is 58.6 Å². The number of azo groups is 1.